The molecule has 0 saturated carbocycles. The number of nitrogens with one attached hydrogen (secondary N) is 2. The molecule has 0 bridgehead atoms. The molecule has 2 rings (SSSR count). The molecule has 0 fully saturated rings. The summed E-state index contributed by atoms with van der Waals surface area (Å²) in [6, 6.07) is 3.69. The lowest BCUT2D eigenvalue weighted by Crippen LogP contribution is -2.30. The number of hydrogen-bond acceptors (Lipinski definition) is 4. The van der Waals surface area contributed by atoms with E-state index in [-0.39, 0.29) is 28.8 Å². The Morgan fingerprint density at radius 3 is 2.70 bits per heavy atom. The number of hydroxylamine groups is 1. The summed E-state index contributed by atoms with van der Waals surface area (Å²) in [4.78, 5) is 29.4. The van der Waals surface area contributed by atoms with Crippen molar-refractivity contribution >= 4 is 28.9 Å². The van der Waals surface area contributed by atoms with Crippen LogP contribution in [0.5, 0.6) is 0 Å². The fraction of sp³-hybridized carbons (Fsp3) is 0.333. The van der Waals surface area contributed by atoms with E-state index in [1.165, 1.54) is 19.2 Å². The lowest BCUT2D eigenvalue weighted by Gasteiger charge is -2.15. The number of aryl methyl sites for hydroxylation is 1. The Balaban J connectivity index is 2.36. The van der Waals surface area contributed by atoms with Gasteiger partial charge in [0.05, 0.1) is 23.5 Å². The number of carbonyl (C=O) groups is 1. The standard InChI is InChI=1S/C18H20ClF2N3O3/c1-4-10(2)9-27-23-17(25)12-8-24(3)18(26)15(21)16(12)22-14-6-5-11(19)7-13(14)20/h5-8,10,22H,4,9H2,1-3H3,(H,23,25). The number of rotatable bonds is 7. The van der Waals surface area contributed by atoms with Crippen molar-refractivity contribution in [1.29, 1.82) is 0 Å². The minimum Gasteiger partial charge on any atom is -0.350 e. The zero-order valence-corrected chi connectivity index (χ0v) is 15.9. The van der Waals surface area contributed by atoms with Crippen LogP contribution in [0.1, 0.15) is 30.6 Å². The molecule has 0 aliphatic carbocycles. The molecule has 1 unspecified atom stereocenters. The molecule has 1 aromatic carbocycles. The van der Waals surface area contributed by atoms with Gasteiger partial charge in [0, 0.05) is 18.3 Å². The van der Waals surface area contributed by atoms with E-state index in [1.54, 1.807) is 0 Å². The van der Waals surface area contributed by atoms with Gasteiger partial charge in [-0.15, -0.1) is 0 Å². The summed E-state index contributed by atoms with van der Waals surface area (Å²) in [6.45, 7) is 4.18. The van der Waals surface area contributed by atoms with Gasteiger partial charge >= 0.3 is 0 Å². The first-order chi connectivity index (χ1) is 12.7. The zero-order valence-electron chi connectivity index (χ0n) is 15.1. The highest BCUT2D eigenvalue weighted by Gasteiger charge is 2.21. The monoisotopic (exact) mass is 399 g/mol. The normalized spacial score (nSPS) is 11.9. The lowest BCUT2D eigenvalue weighted by atomic mass is 10.1. The highest BCUT2D eigenvalue weighted by atomic mass is 35.5. The average molecular weight is 400 g/mol. The third kappa shape index (κ3) is 5.05. The fourth-order valence-corrected chi connectivity index (χ4v) is 2.30. The molecule has 146 valence electrons. The van der Waals surface area contributed by atoms with E-state index in [9.17, 15) is 18.4 Å². The van der Waals surface area contributed by atoms with E-state index < -0.39 is 28.8 Å². The second kappa shape index (κ2) is 8.96. The van der Waals surface area contributed by atoms with Crippen LogP contribution in [-0.2, 0) is 11.9 Å². The second-order valence-electron chi connectivity index (χ2n) is 6.15. The molecule has 0 aliphatic rings. The first-order valence-electron chi connectivity index (χ1n) is 8.27. The lowest BCUT2D eigenvalue weighted by molar-refractivity contribution is 0.0181. The van der Waals surface area contributed by atoms with Gasteiger partial charge < -0.3 is 9.88 Å². The molecule has 1 aromatic heterocycles. The predicted molar refractivity (Wildman–Crippen MR) is 99.2 cm³/mol. The SMILES string of the molecule is CCC(C)CONC(=O)c1cn(C)c(=O)c(F)c1Nc1ccc(Cl)cc1F. The number of anilines is 2. The van der Waals surface area contributed by atoms with Crippen molar-refractivity contribution in [2.45, 2.75) is 20.3 Å². The molecule has 1 amide bonds. The molecule has 1 atom stereocenters. The number of carbonyl (C=O) groups excluding carboxylic acids is 1. The van der Waals surface area contributed by atoms with Gasteiger partial charge in [0.15, 0.2) is 0 Å². The first-order valence-corrected chi connectivity index (χ1v) is 8.65. The van der Waals surface area contributed by atoms with Gasteiger partial charge in [0.25, 0.3) is 11.5 Å². The van der Waals surface area contributed by atoms with Crippen molar-refractivity contribution in [2.75, 3.05) is 11.9 Å². The Labute approximate surface area is 160 Å². The van der Waals surface area contributed by atoms with Gasteiger partial charge in [-0.1, -0.05) is 31.9 Å². The molecule has 2 aromatic rings. The second-order valence-corrected chi connectivity index (χ2v) is 6.59. The Morgan fingerprint density at radius 1 is 1.37 bits per heavy atom. The van der Waals surface area contributed by atoms with Crippen LogP contribution in [0.3, 0.4) is 0 Å². The molecule has 1 heterocycles. The maximum Gasteiger partial charge on any atom is 0.288 e. The number of benzene rings is 1. The quantitative estimate of drug-likeness (QED) is 0.695. The Morgan fingerprint density at radius 2 is 2.07 bits per heavy atom. The highest BCUT2D eigenvalue weighted by Crippen LogP contribution is 2.26. The van der Waals surface area contributed by atoms with Crippen LogP contribution in [0.2, 0.25) is 5.02 Å². The molecule has 0 saturated heterocycles. The van der Waals surface area contributed by atoms with Crippen molar-refractivity contribution in [3.05, 3.63) is 57.0 Å². The van der Waals surface area contributed by atoms with Crippen LogP contribution in [-0.4, -0.2) is 17.1 Å². The van der Waals surface area contributed by atoms with Crippen molar-refractivity contribution in [3.8, 4) is 0 Å². The van der Waals surface area contributed by atoms with E-state index in [0.717, 1.165) is 23.3 Å². The van der Waals surface area contributed by atoms with Crippen LogP contribution in [0.15, 0.2) is 29.2 Å². The molecule has 9 heteroatoms. The number of halogens is 3. The smallest absolute Gasteiger partial charge is 0.288 e. The summed E-state index contributed by atoms with van der Waals surface area (Å²) >= 11 is 5.70. The van der Waals surface area contributed by atoms with Crippen LogP contribution < -0.4 is 16.4 Å². The maximum absolute atomic E-state index is 14.5. The molecule has 0 spiro atoms. The number of pyridine rings is 1. The number of hydrogen-bond donors (Lipinski definition) is 2. The third-order valence-electron chi connectivity index (χ3n) is 3.98. The van der Waals surface area contributed by atoms with E-state index in [4.69, 9.17) is 16.4 Å². The topological polar surface area (TPSA) is 72.4 Å². The van der Waals surface area contributed by atoms with Gasteiger partial charge in [-0.25, -0.2) is 9.87 Å². The summed E-state index contributed by atoms with van der Waals surface area (Å²) in [5.41, 5.74) is 0.436. The van der Waals surface area contributed by atoms with Crippen LogP contribution in [0, 0.1) is 17.6 Å². The van der Waals surface area contributed by atoms with Crippen LogP contribution in [0.25, 0.3) is 0 Å². The van der Waals surface area contributed by atoms with Crippen molar-refractivity contribution in [1.82, 2.24) is 10.0 Å². The largest absolute Gasteiger partial charge is 0.350 e. The van der Waals surface area contributed by atoms with Gasteiger partial charge in [-0.2, -0.15) is 4.39 Å². The van der Waals surface area contributed by atoms with E-state index >= 15 is 0 Å². The minimum atomic E-state index is -1.22. The number of aromatic nitrogens is 1. The van der Waals surface area contributed by atoms with Crippen LogP contribution >= 0.6 is 11.6 Å². The summed E-state index contributed by atoms with van der Waals surface area (Å²) in [6.07, 6.45) is 2.00. The van der Waals surface area contributed by atoms with Gasteiger partial charge in [-0.3, -0.25) is 14.4 Å². The van der Waals surface area contributed by atoms with E-state index in [0.29, 0.717) is 0 Å². The molecular weight excluding hydrogens is 380 g/mol. The fourth-order valence-electron chi connectivity index (χ4n) is 2.14. The minimum absolute atomic E-state index is 0.138. The molecule has 0 radical (unpaired) electrons. The highest BCUT2D eigenvalue weighted by molar-refractivity contribution is 6.30. The summed E-state index contributed by atoms with van der Waals surface area (Å²) in [5, 5.41) is 2.61. The zero-order chi connectivity index (χ0) is 20.1. The number of nitrogens with zero attached hydrogens (tertiary/aromatic N) is 1. The molecule has 0 aliphatic heterocycles. The Bertz CT molecular complexity index is 902. The summed E-state index contributed by atoms with van der Waals surface area (Å²) < 4.78 is 29.5. The Hall–Kier alpha value is -2.45. The maximum atomic E-state index is 14.5. The third-order valence-corrected chi connectivity index (χ3v) is 4.22. The number of amides is 1. The summed E-state index contributed by atoms with van der Waals surface area (Å²) in [5.74, 6) is -2.55. The average Bonchev–Trinajstić information content (AvgIpc) is 2.63. The Kier molecular flexibility index (Phi) is 6.92. The van der Waals surface area contributed by atoms with Gasteiger partial charge in [0.2, 0.25) is 5.82 Å². The van der Waals surface area contributed by atoms with Gasteiger partial charge in [0.1, 0.15) is 5.82 Å². The first kappa shape index (κ1) is 20.9. The molecule has 27 heavy (non-hydrogen) atoms. The molecule has 6 nitrogen and oxygen atoms in total. The van der Waals surface area contributed by atoms with Crippen molar-refractivity contribution < 1.29 is 18.4 Å². The van der Waals surface area contributed by atoms with E-state index in [2.05, 4.69) is 10.8 Å². The molecular formula is C18H20ClF2N3O3. The van der Waals surface area contributed by atoms with Crippen LogP contribution in [0.4, 0.5) is 20.2 Å². The van der Waals surface area contributed by atoms with Gasteiger partial charge in [-0.05, 0) is 24.1 Å². The van der Waals surface area contributed by atoms with Crippen molar-refractivity contribution in [2.24, 2.45) is 13.0 Å². The molecule has 2 N–H and O–H groups in total. The van der Waals surface area contributed by atoms with E-state index in [1.807, 2.05) is 13.8 Å². The van der Waals surface area contributed by atoms with Crippen molar-refractivity contribution in [3.63, 3.8) is 0 Å². The predicted octanol–water partition coefficient (Wildman–Crippen LogP) is 3.77. The summed E-state index contributed by atoms with van der Waals surface area (Å²) in [7, 11) is 1.30.